The number of carbonyl (C=O) groups is 1. The first-order chi connectivity index (χ1) is 8.32. The molecule has 0 fully saturated rings. The molecule has 0 aliphatic carbocycles. The van der Waals surface area contributed by atoms with Crippen LogP contribution in [0.25, 0.3) is 0 Å². The number of alkyl halides is 3. The van der Waals surface area contributed by atoms with E-state index < -0.39 is 15.9 Å². The Morgan fingerprint density at radius 3 is 2.11 bits per heavy atom. The number of hydrogen-bond donors (Lipinski definition) is 1. The molecule has 3 nitrogen and oxygen atoms in total. The van der Waals surface area contributed by atoms with Crippen molar-refractivity contribution in [3.8, 4) is 0 Å². The van der Waals surface area contributed by atoms with Gasteiger partial charge in [0, 0.05) is 13.5 Å². The van der Waals surface area contributed by atoms with E-state index in [9.17, 15) is 4.79 Å². The van der Waals surface area contributed by atoms with Crippen LogP contribution >= 0.6 is 34.8 Å². The monoisotopic (exact) mass is 312 g/mol. The van der Waals surface area contributed by atoms with Gasteiger partial charge < -0.3 is 9.84 Å². The number of ether oxygens (including phenoxy) is 1. The molecule has 0 amide bonds. The average molecular weight is 314 g/mol. The fourth-order valence-corrected chi connectivity index (χ4v) is 1.63. The molecular weight excluding hydrogens is 298 g/mol. The number of esters is 1. The van der Waals surface area contributed by atoms with E-state index in [4.69, 9.17) is 44.6 Å². The Kier molecular flexibility index (Phi) is 8.36. The Hall–Kier alpha value is -0.480. The predicted octanol–water partition coefficient (Wildman–Crippen LogP) is 3.66. The molecule has 1 unspecified atom stereocenters. The number of aliphatic hydroxyl groups excluding tert-OH is 1. The van der Waals surface area contributed by atoms with Crippen LogP contribution in [0.1, 0.15) is 25.5 Å². The summed E-state index contributed by atoms with van der Waals surface area (Å²) in [7, 11) is 0. The summed E-state index contributed by atoms with van der Waals surface area (Å²) in [5.41, 5.74) is 0.646. The van der Waals surface area contributed by atoms with Crippen LogP contribution < -0.4 is 0 Å². The van der Waals surface area contributed by atoms with E-state index in [1.54, 1.807) is 31.2 Å². The molecule has 0 saturated heterocycles. The highest BCUT2D eigenvalue weighted by molar-refractivity contribution is 6.68. The van der Waals surface area contributed by atoms with E-state index in [0.29, 0.717) is 5.56 Å². The molecule has 0 radical (unpaired) electrons. The van der Waals surface area contributed by atoms with Crippen molar-refractivity contribution in [1.82, 2.24) is 0 Å². The predicted molar refractivity (Wildman–Crippen MR) is 74.0 cm³/mol. The van der Waals surface area contributed by atoms with E-state index in [-0.39, 0.29) is 6.61 Å². The number of hydrogen-bond acceptors (Lipinski definition) is 3. The topological polar surface area (TPSA) is 46.5 Å². The molecule has 102 valence electrons. The fourth-order valence-electron chi connectivity index (χ4n) is 1.12. The van der Waals surface area contributed by atoms with Crippen LogP contribution in [0.15, 0.2) is 30.3 Å². The van der Waals surface area contributed by atoms with Crippen LogP contribution in [-0.4, -0.2) is 21.5 Å². The molecule has 6 heteroatoms. The van der Waals surface area contributed by atoms with Crippen molar-refractivity contribution < 1.29 is 14.6 Å². The quantitative estimate of drug-likeness (QED) is 0.669. The van der Waals surface area contributed by atoms with Gasteiger partial charge in [0.2, 0.25) is 3.79 Å². The van der Waals surface area contributed by atoms with Gasteiger partial charge in [-0.05, 0) is 12.5 Å². The van der Waals surface area contributed by atoms with Gasteiger partial charge in [0.25, 0.3) is 0 Å². The zero-order valence-electron chi connectivity index (χ0n) is 10.1. The lowest BCUT2D eigenvalue weighted by atomic mass is 10.1. The van der Waals surface area contributed by atoms with Gasteiger partial charge in [-0.15, -0.1) is 0 Å². The average Bonchev–Trinajstić information content (AvgIpc) is 2.26. The second-order valence-corrected chi connectivity index (χ2v) is 5.63. The van der Waals surface area contributed by atoms with Crippen molar-refractivity contribution in [3.05, 3.63) is 35.9 Å². The zero-order valence-corrected chi connectivity index (χ0v) is 12.3. The Morgan fingerprint density at radius 2 is 1.78 bits per heavy atom. The third-order valence-corrected chi connectivity index (χ3v) is 2.28. The standard InChI is InChI=1S/C10H9Cl3O2.C2H6O/c1-7(14)15-9(10(11,12)13)8-5-3-2-4-6-8;1-2-3/h2-6,9H,1H3;3H,2H2,1H3. The van der Waals surface area contributed by atoms with Gasteiger partial charge in [0.15, 0.2) is 6.10 Å². The normalized spacial score (nSPS) is 12.1. The van der Waals surface area contributed by atoms with Gasteiger partial charge in [-0.1, -0.05) is 65.1 Å². The van der Waals surface area contributed by atoms with Crippen LogP contribution in [0.2, 0.25) is 0 Å². The second kappa shape index (κ2) is 8.59. The van der Waals surface area contributed by atoms with E-state index in [2.05, 4.69) is 0 Å². The Morgan fingerprint density at radius 1 is 1.33 bits per heavy atom. The maximum absolute atomic E-state index is 10.9. The van der Waals surface area contributed by atoms with Crippen molar-refractivity contribution in [2.24, 2.45) is 0 Å². The molecule has 0 heterocycles. The summed E-state index contributed by atoms with van der Waals surface area (Å²) >= 11 is 17.2. The highest BCUT2D eigenvalue weighted by Crippen LogP contribution is 2.42. The molecule has 1 rings (SSSR count). The van der Waals surface area contributed by atoms with Gasteiger partial charge in [-0.25, -0.2) is 0 Å². The lowest BCUT2D eigenvalue weighted by Gasteiger charge is -2.24. The summed E-state index contributed by atoms with van der Waals surface area (Å²) in [6.45, 7) is 3.20. The first kappa shape index (κ1) is 17.5. The van der Waals surface area contributed by atoms with Crippen molar-refractivity contribution in [1.29, 1.82) is 0 Å². The molecule has 1 N–H and O–H groups in total. The highest BCUT2D eigenvalue weighted by Gasteiger charge is 2.36. The molecule has 0 bridgehead atoms. The van der Waals surface area contributed by atoms with Crippen LogP contribution in [0.3, 0.4) is 0 Å². The minimum absolute atomic E-state index is 0.250. The maximum Gasteiger partial charge on any atom is 0.303 e. The molecule has 0 aliphatic heterocycles. The summed E-state index contributed by atoms with van der Waals surface area (Å²) in [5.74, 6) is -0.491. The third kappa shape index (κ3) is 7.07. The molecule has 1 aromatic carbocycles. The molecule has 0 aromatic heterocycles. The number of rotatable bonds is 2. The van der Waals surface area contributed by atoms with Gasteiger partial charge in [-0.3, -0.25) is 4.79 Å². The Labute approximate surface area is 122 Å². The van der Waals surface area contributed by atoms with Gasteiger partial charge in [0.05, 0.1) is 0 Å². The first-order valence-corrected chi connectivity index (χ1v) is 6.36. The number of halogens is 3. The number of benzene rings is 1. The minimum Gasteiger partial charge on any atom is -0.453 e. The van der Waals surface area contributed by atoms with Gasteiger partial charge in [0.1, 0.15) is 0 Å². The van der Waals surface area contributed by atoms with Crippen LogP contribution in [0, 0.1) is 0 Å². The van der Waals surface area contributed by atoms with Crippen molar-refractivity contribution >= 4 is 40.8 Å². The molecule has 0 spiro atoms. The molecule has 0 saturated carbocycles. The fraction of sp³-hybridized carbons (Fsp3) is 0.417. The second-order valence-electron chi connectivity index (χ2n) is 3.26. The minimum atomic E-state index is -1.67. The van der Waals surface area contributed by atoms with Gasteiger partial charge in [-0.2, -0.15) is 0 Å². The van der Waals surface area contributed by atoms with Crippen molar-refractivity contribution in [3.63, 3.8) is 0 Å². The van der Waals surface area contributed by atoms with Gasteiger partial charge >= 0.3 is 5.97 Å². The van der Waals surface area contributed by atoms with Crippen LogP contribution in [0.4, 0.5) is 0 Å². The van der Waals surface area contributed by atoms with Crippen molar-refractivity contribution in [2.45, 2.75) is 23.7 Å². The third-order valence-electron chi connectivity index (χ3n) is 1.68. The SMILES string of the molecule is CC(=O)OC(c1ccccc1)C(Cl)(Cl)Cl.CCO. The number of aliphatic hydroxyl groups is 1. The molecule has 1 aromatic rings. The molecule has 18 heavy (non-hydrogen) atoms. The smallest absolute Gasteiger partial charge is 0.303 e. The summed E-state index contributed by atoms with van der Waals surface area (Å²) < 4.78 is 3.29. The number of carbonyl (C=O) groups excluding carboxylic acids is 1. The zero-order chi connectivity index (χ0) is 14.2. The maximum atomic E-state index is 10.9. The lowest BCUT2D eigenvalue weighted by molar-refractivity contribution is -0.146. The van der Waals surface area contributed by atoms with Crippen LogP contribution in [0.5, 0.6) is 0 Å². The molecule has 1 atom stereocenters. The highest BCUT2D eigenvalue weighted by atomic mass is 35.6. The lowest BCUT2D eigenvalue weighted by Crippen LogP contribution is -2.22. The summed E-state index contributed by atoms with van der Waals surface area (Å²) in [6, 6.07) is 8.85. The van der Waals surface area contributed by atoms with Crippen molar-refractivity contribution in [2.75, 3.05) is 6.61 Å². The largest absolute Gasteiger partial charge is 0.453 e. The van der Waals surface area contributed by atoms with E-state index in [1.165, 1.54) is 6.92 Å². The summed E-state index contributed by atoms with van der Waals surface area (Å²) in [4.78, 5) is 10.9. The van der Waals surface area contributed by atoms with E-state index in [1.807, 2.05) is 6.07 Å². The molecular formula is C12H15Cl3O3. The van der Waals surface area contributed by atoms with E-state index >= 15 is 0 Å². The summed E-state index contributed by atoms with van der Waals surface area (Å²) in [5, 5.41) is 7.57. The Bertz CT molecular complexity index is 349. The first-order valence-electron chi connectivity index (χ1n) is 5.22. The Balaban J connectivity index is 0.000000873. The van der Waals surface area contributed by atoms with Crippen LogP contribution in [-0.2, 0) is 9.53 Å². The summed E-state index contributed by atoms with van der Waals surface area (Å²) in [6.07, 6.45) is -0.888. The molecule has 0 aliphatic rings. The van der Waals surface area contributed by atoms with E-state index in [0.717, 1.165) is 0 Å².